The number of benzene rings is 3. The van der Waals surface area contributed by atoms with E-state index in [1.165, 1.54) is 46.0 Å². The second-order valence-electron chi connectivity index (χ2n) is 8.62. The first-order valence-corrected chi connectivity index (χ1v) is 14.3. The Morgan fingerprint density at radius 2 is 1.81 bits per heavy atom. The van der Waals surface area contributed by atoms with Gasteiger partial charge in [0.1, 0.15) is 5.82 Å². The molecule has 0 unspecified atom stereocenters. The summed E-state index contributed by atoms with van der Waals surface area (Å²) >= 11 is 1.22. The number of aromatic nitrogens is 1. The van der Waals surface area contributed by atoms with Crippen molar-refractivity contribution in [2.45, 2.75) is 31.3 Å². The molecule has 5 rings (SSSR count). The Balaban J connectivity index is 1.41. The number of sulfonamides is 1. The van der Waals surface area contributed by atoms with Crippen LogP contribution in [0.25, 0.3) is 10.2 Å². The van der Waals surface area contributed by atoms with Gasteiger partial charge in [-0.15, -0.1) is 0 Å². The number of amides is 1. The number of thiazole rings is 1. The van der Waals surface area contributed by atoms with Gasteiger partial charge in [-0.1, -0.05) is 41.7 Å². The molecule has 3 aromatic carbocycles. The van der Waals surface area contributed by atoms with Crippen LogP contribution < -0.4 is 4.80 Å². The fourth-order valence-electron chi connectivity index (χ4n) is 4.42. The quantitative estimate of drug-likeness (QED) is 0.327. The van der Waals surface area contributed by atoms with Crippen LogP contribution in [-0.2, 0) is 34.3 Å². The molecule has 0 aliphatic carbocycles. The predicted octanol–water partition coefficient (Wildman–Crippen LogP) is 4.37. The van der Waals surface area contributed by atoms with Crippen LogP contribution in [0.1, 0.15) is 28.4 Å². The lowest BCUT2D eigenvalue weighted by Gasteiger charge is -2.28. The lowest BCUT2D eigenvalue weighted by atomic mass is 10.0. The number of para-hydroxylation sites is 1. The average molecular weight is 540 g/mol. The second-order valence-corrected chi connectivity index (χ2v) is 11.6. The zero-order valence-electron chi connectivity index (χ0n) is 20.3. The van der Waals surface area contributed by atoms with Crippen LogP contribution in [0.3, 0.4) is 0 Å². The van der Waals surface area contributed by atoms with Gasteiger partial charge < -0.3 is 9.30 Å². The molecule has 1 aromatic heterocycles. The molecule has 0 N–H and O–H groups in total. The van der Waals surface area contributed by atoms with Crippen molar-refractivity contribution in [3.8, 4) is 0 Å². The SMILES string of the molecule is CCOCCn1c(=NC(=O)c2ccc(S(=O)(=O)N3CCc4ccccc4C3)cc2)sc2cccc(F)c21. The van der Waals surface area contributed by atoms with E-state index in [4.69, 9.17) is 4.74 Å². The van der Waals surface area contributed by atoms with E-state index in [1.807, 2.05) is 31.2 Å². The molecule has 0 saturated heterocycles. The molecule has 192 valence electrons. The molecule has 2 heterocycles. The van der Waals surface area contributed by atoms with Crippen LogP contribution in [0, 0.1) is 5.82 Å². The third kappa shape index (κ3) is 5.15. The molecular formula is C27H26FN3O4S2. The van der Waals surface area contributed by atoms with Crippen LogP contribution in [0.2, 0.25) is 0 Å². The summed E-state index contributed by atoms with van der Waals surface area (Å²) in [5, 5.41) is 0. The molecule has 4 aromatic rings. The maximum Gasteiger partial charge on any atom is 0.279 e. The normalized spacial score (nSPS) is 14.7. The lowest BCUT2D eigenvalue weighted by molar-refractivity contribution is 0.0996. The monoisotopic (exact) mass is 539 g/mol. The number of carbonyl (C=O) groups is 1. The van der Waals surface area contributed by atoms with Crippen LogP contribution in [0.15, 0.2) is 76.6 Å². The Hall–Kier alpha value is -3.18. The third-order valence-corrected chi connectivity index (χ3v) is 9.25. The molecule has 0 bridgehead atoms. The van der Waals surface area contributed by atoms with Crippen LogP contribution in [0.5, 0.6) is 0 Å². The van der Waals surface area contributed by atoms with Gasteiger partial charge >= 0.3 is 0 Å². The number of hydrogen-bond donors (Lipinski definition) is 0. The number of fused-ring (bicyclic) bond motifs is 2. The molecule has 37 heavy (non-hydrogen) atoms. The van der Waals surface area contributed by atoms with E-state index in [0.29, 0.717) is 54.3 Å². The Morgan fingerprint density at radius 1 is 1.05 bits per heavy atom. The summed E-state index contributed by atoms with van der Waals surface area (Å²) in [5.41, 5.74) is 2.79. The van der Waals surface area contributed by atoms with Gasteiger partial charge in [-0.3, -0.25) is 4.79 Å². The highest BCUT2D eigenvalue weighted by molar-refractivity contribution is 7.89. The molecule has 1 aliphatic heterocycles. The smallest absolute Gasteiger partial charge is 0.279 e. The first kappa shape index (κ1) is 25.5. The zero-order valence-corrected chi connectivity index (χ0v) is 21.9. The van der Waals surface area contributed by atoms with E-state index >= 15 is 0 Å². The van der Waals surface area contributed by atoms with Crippen LogP contribution in [-0.4, -0.2) is 43.0 Å². The highest BCUT2D eigenvalue weighted by Gasteiger charge is 2.28. The van der Waals surface area contributed by atoms with E-state index in [1.54, 1.807) is 16.7 Å². The number of rotatable bonds is 7. The standard InChI is InChI=1S/C27H26FN3O4S2/c1-2-35-17-16-31-25-23(28)8-5-9-24(25)36-27(31)29-26(32)20-10-12-22(13-11-20)37(33,34)30-15-14-19-6-3-4-7-21(19)18-30/h3-13H,2,14-18H2,1H3. The molecular weight excluding hydrogens is 513 g/mol. The minimum atomic E-state index is -3.71. The molecule has 0 atom stereocenters. The maximum atomic E-state index is 14.6. The fraction of sp³-hybridized carbons (Fsp3) is 0.259. The fourth-order valence-corrected chi connectivity index (χ4v) is 6.91. The van der Waals surface area contributed by atoms with E-state index in [-0.39, 0.29) is 10.5 Å². The average Bonchev–Trinajstić information content (AvgIpc) is 3.26. The van der Waals surface area contributed by atoms with Gasteiger partial charge in [-0.05, 0) is 60.9 Å². The van der Waals surface area contributed by atoms with E-state index < -0.39 is 21.7 Å². The van der Waals surface area contributed by atoms with Gasteiger partial charge in [0, 0.05) is 31.8 Å². The number of carbonyl (C=O) groups excluding carboxylic acids is 1. The largest absolute Gasteiger partial charge is 0.380 e. The number of nitrogens with zero attached hydrogens (tertiary/aromatic N) is 3. The summed E-state index contributed by atoms with van der Waals surface area (Å²) in [7, 11) is -3.71. The first-order chi connectivity index (χ1) is 17.9. The number of ether oxygens (including phenoxy) is 1. The van der Waals surface area contributed by atoms with Crippen LogP contribution >= 0.6 is 11.3 Å². The molecule has 10 heteroatoms. The van der Waals surface area contributed by atoms with E-state index in [9.17, 15) is 17.6 Å². The van der Waals surface area contributed by atoms with Crippen molar-refractivity contribution in [1.82, 2.24) is 8.87 Å². The van der Waals surface area contributed by atoms with Gasteiger partial charge in [0.25, 0.3) is 5.91 Å². The Bertz CT molecular complexity index is 1630. The van der Waals surface area contributed by atoms with Gasteiger partial charge in [0.05, 0.1) is 21.7 Å². The maximum absolute atomic E-state index is 14.6. The van der Waals surface area contributed by atoms with Crippen molar-refractivity contribution in [3.63, 3.8) is 0 Å². The summed E-state index contributed by atoms with van der Waals surface area (Å²) in [6.45, 7) is 3.82. The van der Waals surface area contributed by atoms with Crippen molar-refractivity contribution in [2.24, 2.45) is 4.99 Å². The van der Waals surface area contributed by atoms with Crippen LogP contribution in [0.4, 0.5) is 4.39 Å². The molecule has 0 fully saturated rings. The van der Waals surface area contributed by atoms with E-state index in [0.717, 1.165) is 11.1 Å². The van der Waals surface area contributed by atoms with Gasteiger partial charge in [-0.25, -0.2) is 12.8 Å². The van der Waals surface area contributed by atoms with Crippen molar-refractivity contribution >= 4 is 37.5 Å². The van der Waals surface area contributed by atoms with Gasteiger partial charge in [0.2, 0.25) is 10.0 Å². The van der Waals surface area contributed by atoms with Crippen molar-refractivity contribution in [3.05, 3.63) is 94.0 Å². The minimum Gasteiger partial charge on any atom is -0.380 e. The summed E-state index contributed by atoms with van der Waals surface area (Å²) in [5.74, 6) is -0.929. The Morgan fingerprint density at radius 3 is 2.57 bits per heavy atom. The molecule has 0 saturated carbocycles. The molecule has 0 radical (unpaired) electrons. The Kier molecular flexibility index (Phi) is 7.34. The topological polar surface area (TPSA) is 81.0 Å². The van der Waals surface area contributed by atoms with Gasteiger partial charge in [-0.2, -0.15) is 9.30 Å². The Labute approximate surface area is 218 Å². The minimum absolute atomic E-state index is 0.124. The van der Waals surface area contributed by atoms with Crippen molar-refractivity contribution < 1.29 is 22.3 Å². The van der Waals surface area contributed by atoms with Gasteiger partial charge in [0.15, 0.2) is 4.80 Å². The number of hydrogen-bond acceptors (Lipinski definition) is 5. The second kappa shape index (κ2) is 10.7. The summed E-state index contributed by atoms with van der Waals surface area (Å²) in [6, 6.07) is 18.4. The predicted molar refractivity (Wildman–Crippen MR) is 140 cm³/mol. The first-order valence-electron chi connectivity index (χ1n) is 12.0. The molecule has 1 aliphatic rings. The number of halogens is 1. The molecule has 7 nitrogen and oxygen atoms in total. The zero-order chi connectivity index (χ0) is 26.0. The third-order valence-electron chi connectivity index (χ3n) is 6.35. The highest BCUT2D eigenvalue weighted by Crippen LogP contribution is 2.25. The van der Waals surface area contributed by atoms with Crippen molar-refractivity contribution in [2.75, 3.05) is 19.8 Å². The lowest BCUT2D eigenvalue weighted by Crippen LogP contribution is -2.35. The van der Waals surface area contributed by atoms with Crippen molar-refractivity contribution in [1.29, 1.82) is 0 Å². The van der Waals surface area contributed by atoms with E-state index in [2.05, 4.69) is 4.99 Å². The summed E-state index contributed by atoms with van der Waals surface area (Å²) in [6.07, 6.45) is 0.657. The molecule has 0 spiro atoms. The summed E-state index contributed by atoms with van der Waals surface area (Å²) < 4.78 is 50.3. The highest BCUT2D eigenvalue weighted by atomic mass is 32.2. The molecule has 1 amide bonds. The summed E-state index contributed by atoms with van der Waals surface area (Å²) in [4.78, 5) is 17.7.